The van der Waals surface area contributed by atoms with E-state index in [1.807, 2.05) is 24.0 Å². The van der Waals surface area contributed by atoms with Crippen LogP contribution in [0.1, 0.15) is 35.0 Å². The maximum absolute atomic E-state index is 12.6. The number of rotatable bonds is 4. The highest BCUT2D eigenvalue weighted by Gasteiger charge is 2.25. The average Bonchev–Trinajstić information content (AvgIpc) is 3.34. The number of hydrogen-bond acceptors (Lipinski definition) is 4. The molecule has 9 heteroatoms. The van der Waals surface area contributed by atoms with E-state index >= 15 is 0 Å². The summed E-state index contributed by atoms with van der Waals surface area (Å²) in [6.07, 6.45) is 5.12. The summed E-state index contributed by atoms with van der Waals surface area (Å²) >= 11 is 20.0. The standard InChI is InChI=1S/C22H21Cl3N4OS/c1-13-16(21(25)28(2)27-13)4-6-20(30)29-9-7-14(8-10-29)22-26-19(12-31-22)15-3-5-17(23)18(24)11-15/h3-6,11-12,14H,7-10H2,1-2H3/b6-4+. The van der Waals surface area contributed by atoms with Crippen LogP contribution in [0, 0.1) is 6.92 Å². The van der Waals surface area contributed by atoms with E-state index in [1.165, 1.54) is 0 Å². The van der Waals surface area contributed by atoms with E-state index in [4.69, 9.17) is 39.8 Å². The van der Waals surface area contributed by atoms with Gasteiger partial charge in [-0.25, -0.2) is 4.98 Å². The fourth-order valence-corrected chi connectivity index (χ4v) is 5.24. The van der Waals surface area contributed by atoms with Crippen LogP contribution in [0.25, 0.3) is 17.3 Å². The van der Waals surface area contributed by atoms with Crippen LogP contribution in [0.2, 0.25) is 15.2 Å². The molecule has 0 N–H and O–H groups in total. The second-order valence-electron chi connectivity index (χ2n) is 7.55. The second-order valence-corrected chi connectivity index (χ2v) is 9.61. The minimum atomic E-state index is -0.00611. The largest absolute Gasteiger partial charge is 0.339 e. The Morgan fingerprint density at radius 2 is 1.94 bits per heavy atom. The van der Waals surface area contributed by atoms with E-state index in [2.05, 4.69) is 10.5 Å². The lowest BCUT2D eigenvalue weighted by Gasteiger charge is -2.30. The van der Waals surface area contributed by atoms with Gasteiger partial charge in [-0.2, -0.15) is 5.10 Å². The molecule has 5 nitrogen and oxygen atoms in total. The van der Waals surface area contributed by atoms with Gasteiger partial charge < -0.3 is 4.90 Å². The van der Waals surface area contributed by atoms with E-state index in [0.717, 1.165) is 40.4 Å². The molecule has 1 fully saturated rings. The van der Waals surface area contributed by atoms with Crippen LogP contribution < -0.4 is 0 Å². The molecule has 0 saturated carbocycles. The van der Waals surface area contributed by atoms with Crippen molar-refractivity contribution in [3.8, 4) is 11.3 Å². The number of carbonyl (C=O) groups is 1. The van der Waals surface area contributed by atoms with Gasteiger partial charge in [0.25, 0.3) is 0 Å². The molecule has 3 heterocycles. The minimum absolute atomic E-state index is 0.00611. The molecule has 31 heavy (non-hydrogen) atoms. The quantitative estimate of drug-likeness (QED) is 0.403. The van der Waals surface area contributed by atoms with E-state index in [1.54, 1.807) is 41.3 Å². The van der Waals surface area contributed by atoms with Crippen molar-refractivity contribution in [2.24, 2.45) is 7.05 Å². The van der Waals surface area contributed by atoms with E-state index in [9.17, 15) is 4.79 Å². The monoisotopic (exact) mass is 494 g/mol. The van der Waals surface area contributed by atoms with Gasteiger partial charge >= 0.3 is 0 Å². The Kier molecular flexibility index (Phi) is 6.72. The average molecular weight is 496 g/mol. The van der Waals surface area contributed by atoms with Crippen LogP contribution in [-0.4, -0.2) is 38.7 Å². The highest BCUT2D eigenvalue weighted by molar-refractivity contribution is 7.10. The second kappa shape index (κ2) is 9.33. The first kappa shape index (κ1) is 22.3. The van der Waals surface area contributed by atoms with Crippen LogP contribution in [-0.2, 0) is 11.8 Å². The Morgan fingerprint density at radius 3 is 2.58 bits per heavy atom. The maximum atomic E-state index is 12.6. The number of aromatic nitrogens is 3. The third-order valence-electron chi connectivity index (χ3n) is 5.48. The summed E-state index contributed by atoms with van der Waals surface area (Å²) in [6, 6.07) is 5.56. The normalized spacial score (nSPS) is 15.2. The zero-order valence-corrected chi connectivity index (χ0v) is 20.2. The van der Waals surface area contributed by atoms with Crippen molar-refractivity contribution in [2.75, 3.05) is 13.1 Å². The van der Waals surface area contributed by atoms with Crippen LogP contribution in [0.15, 0.2) is 29.7 Å². The number of piperidine rings is 1. The summed E-state index contributed by atoms with van der Waals surface area (Å²) in [6.45, 7) is 3.28. The summed E-state index contributed by atoms with van der Waals surface area (Å²) in [7, 11) is 1.78. The number of nitrogens with zero attached hydrogens (tertiary/aromatic N) is 4. The highest BCUT2D eigenvalue weighted by atomic mass is 35.5. The fraction of sp³-hybridized carbons (Fsp3) is 0.318. The third kappa shape index (κ3) is 4.82. The van der Waals surface area contributed by atoms with Crippen molar-refractivity contribution >= 4 is 58.1 Å². The van der Waals surface area contributed by atoms with Gasteiger partial charge in [-0.05, 0) is 38.0 Å². The topological polar surface area (TPSA) is 51.0 Å². The van der Waals surface area contributed by atoms with Gasteiger partial charge in [0.2, 0.25) is 5.91 Å². The molecule has 1 saturated heterocycles. The smallest absolute Gasteiger partial charge is 0.246 e. The van der Waals surface area contributed by atoms with Gasteiger partial charge in [-0.3, -0.25) is 9.48 Å². The van der Waals surface area contributed by atoms with Crippen molar-refractivity contribution in [2.45, 2.75) is 25.7 Å². The Labute approximate surface area is 200 Å². The van der Waals surface area contributed by atoms with Crippen molar-refractivity contribution in [1.29, 1.82) is 0 Å². The molecule has 2 aromatic heterocycles. The Hall–Kier alpha value is -1.86. The molecule has 0 unspecified atom stereocenters. The molecule has 162 valence electrons. The molecule has 1 aliphatic heterocycles. The number of halogens is 3. The van der Waals surface area contributed by atoms with Crippen LogP contribution in [0.4, 0.5) is 0 Å². The number of thiazole rings is 1. The Morgan fingerprint density at radius 1 is 1.19 bits per heavy atom. The Bertz CT molecular complexity index is 1150. The molecule has 0 atom stereocenters. The van der Waals surface area contributed by atoms with Gasteiger partial charge in [0, 0.05) is 48.6 Å². The molecule has 1 amide bonds. The molecular formula is C22H21Cl3N4OS. The molecule has 0 spiro atoms. The van der Waals surface area contributed by atoms with Gasteiger partial charge in [0.15, 0.2) is 0 Å². The highest BCUT2D eigenvalue weighted by Crippen LogP contribution is 2.34. The van der Waals surface area contributed by atoms with Crippen molar-refractivity contribution < 1.29 is 4.79 Å². The maximum Gasteiger partial charge on any atom is 0.246 e. The van der Waals surface area contributed by atoms with Crippen molar-refractivity contribution in [1.82, 2.24) is 19.7 Å². The summed E-state index contributed by atoms with van der Waals surface area (Å²) < 4.78 is 1.60. The molecule has 1 aliphatic rings. The molecule has 4 rings (SSSR count). The number of amides is 1. The lowest BCUT2D eigenvalue weighted by Crippen LogP contribution is -2.36. The molecule has 0 bridgehead atoms. The lowest BCUT2D eigenvalue weighted by atomic mass is 9.97. The third-order valence-corrected chi connectivity index (χ3v) is 7.68. The predicted molar refractivity (Wildman–Crippen MR) is 128 cm³/mol. The molecule has 0 aliphatic carbocycles. The van der Waals surface area contributed by atoms with Gasteiger partial charge in [0.05, 0.1) is 26.4 Å². The number of carbonyl (C=O) groups excluding carboxylic acids is 1. The van der Waals surface area contributed by atoms with E-state index < -0.39 is 0 Å². The lowest BCUT2D eigenvalue weighted by molar-refractivity contribution is -0.126. The SMILES string of the molecule is Cc1nn(C)c(Cl)c1/C=C/C(=O)N1CCC(c2nc(-c3ccc(Cl)c(Cl)c3)cs2)CC1. The zero-order chi connectivity index (χ0) is 22.1. The van der Waals surface area contributed by atoms with E-state index in [-0.39, 0.29) is 5.91 Å². The van der Waals surface area contributed by atoms with Crippen LogP contribution >= 0.6 is 46.1 Å². The fourth-order valence-electron chi connectivity index (χ4n) is 3.71. The molecular weight excluding hydrogens is 475 g/mol. The number of likely N-dealkylation sites (tertiary alicyclic amines) is 1. The molecule has 1 aromatic carbocycles. The summed E-state index contributed by atoms with van der Waals surface area (Å²) in [5.41, 5.74) is 3.45. The number of aryl methyl sites for hydroxylation is 2. The van der Waals surface area contributed by atoms with Crippen molar-refractivity contribution in [3.05, 3.63) is 61.1 Å². The summed E-state index contributed by atoms with van der Waals surface area (Å²) in [4.78, 5) is 19.3. The number of benzene rings is 1. The molecule has 3 aromatic rings. The van der Waals surface area contributed by atoms with Gasteiger partial charge in [0.1, 0.15) is 5.15 Å². The number of hydrogen-bond donors (Lipinski definition) is 0. The van der Waals surface area contributed by atoms with Gasteiger partial charge in [-0.1, -0.05) is 40.9 Å². The first-order valence-electron chi connectivity index (χ1n) is 9.90. The van der Waals surface area contributed by atoms with Crippen LogP contribution in [0.3, 0.4) is 0 Å². The zero-order valence-electron chi connectivity index (χ0n) is 17.1. The Balaban J connectivity index is 1.37. The minimum Gasteiger partial charge on any atom is -0.339 e. The molecule has 0 radical (unpaired) electrons. The van der Waals surface area contributed by atoms with Crippen LogP contribution in [0.5, 0.6) is 0 Å². The first-order valence-corrected chi connectivity index (χ1v) is 11.9. The van der Waals surface area contributed by atoms with E-state index in [0.29, 0.717) is 34.2 Å². The predicted octanol–water partition coefficient (Wildman–Crippen LogP) is 6.23. The summed E-state index contributed by atoms with van der Waals surface area (Å²) in [5, 5.41) is 9.00. The summed E-state index contributed by atoms with van der Waals surface area (Å²) in [5.74, 6) is 0.345. The first-order chi connectivity index (χ1) is 14.8. The van der Waals surface area contributed by atoms with Crippen molar-refractivity contribution in [3.63, 3.8) is 0 Å². The van der Waals surface area contributed by atoms with Gasteiger partial charge in [-0.15, -0.1) is 11.3 Å².